The maximum atomic E-state index is 5.17. The molecule has 0 atom stereocenters. The van der Waals surface area contributed by atoms with Gasteiger partial charge in [-0.2, -0.15) is 5.10 Å². The van der Waals surface area contributed by atoms with Gasteiger partial charge in [-0.15, -0.1) is 0 Å². The average Bonchev–Trinajstić information content (AvgIpc) is 2.54. The Morgan fingerprint density at radius 2 is 1.76 bits per heavy atom. The molecule has 0 aromatic heterocycles. The topological polar surface area (TPSA) is 36.4 Å². The first kappa shape index (κ1) is 15.2. The van der Waals surface area contributed by atoms with Crippen LogP contribution in [0.5, 0.6) is 0 Å². The molecule has 2 rings (SSSR count). The molecule has 0 radical (unpaired) electrons. The summed E-state index contributed by atoms with van der Waals surface area (Å²) in [6.45, 7) is 2.83. The molecule has 4 heteroatoms. The third-order valence-corrected chi connectivity index (χ3v) is 3.30. The maximum absolute atomic E-state index is 5.17. The largest absolute Gasteiger partial charge is 0.357 e. The highest BCUT2D eigenvalue weighted by atomic mass is 32.1. The molecule has 2 aromatic carbocycles. The second-order valence-electron chi connectivity index (χ2n) is 4.63. The number of hydrogen-bond acceptors (Lipinski definition) is 2. The van der Waals surface area contributed by atoms with Crippen molar-refractivity contribution >= 4 is 23.5 Å². The molecule has 0 saturated carbocycles. The van der Waals surface area contributed by atoms with Crippen LogP contribution in [0.1, 0.15) is 23.6 Å². The fraction of sp³-hybridized carbons (Fsp3) is 0.176. The van der Waals surface area contributed by atoms with Gasteiger partial charge in [0.1, 0.15) is 0 Å². The zero-order valence-corrected chi connectivity index (χ0v) is 12.9. The third kappa shape index (κ3) is 5.36. The Labute approximate surface area is 131 Å². The molecule has 0 bridgehead atoms. The quantitative estimate of drug-likeness (QED) is 0.505. The minimum absolute atomic E-state index is 0.514. The summed E-state index contributed by atoms with van der Waals surface area (Å²) < 4.78 is 0. The van der Waals surface area contributed by atoms with E-state index in [9.17, 15) is 0 Å². The SMILES string of the molecule is CCc1ccc(/C=N\NC(=S)NCc2ccccc2)cc1. The smallest absolute Gasteiger partial charge is 0.187 e. The lowest BCUT2D eigenvalue weighted by atomic mass is 10.1. The number of nitrogens with one attached hydrogen (secondary N) is 2. The number of hydrazone groups is 1. The van der Waals surface area contributed by atoms with Gasteiger partial charge in [0.2, 0.25) is 0 Å². The second-order valence-corrected chi connectivity index (χ2v) is 5.04. The number of thiocarbonyl (C=S) groups is 1. The summed E-state index contributed by atoms with van der Waals surface area (Å²) in [6.07, 6.45) is 2.80. The Morgan fingerprint density at radius 1 is 1.05 bits per heavy atom. The van der Waals surface area contributed by atoms with Gasteiger partial charge in [-0.3, -0.25) is 5.43 Å². The molecule has 2 N–H and O–H groups in total. The van der Waals surface area contributed by atoms with E-state index < -0.39 is 0 Å². The number of benzene rings is 2. The minimum atomic E-state index is 0.514. The molecule has 0 unspecified atom stereocenters. The van der Waals surface area contributed by atoms with Crippen LogP contribution in [-0.2, 0) is 13.0 Å². The van der Waals surface area contributed by atoms with E-state index >= 15 is 0 Å². The molecule has 2 aromatic rings. The van der Waals surface area contributed by atoms with E-state index in [0.29, 0.717) is 11.7 Å². The molecule has 108 valence electrons. The van der Waals surface area contributed by atoms with Gasteiger partial charge >= 0.3 is 0 Å². The standard InChI is InChI=1S/C17H19N3S/c1-2-14-8-10-16(11-9-14)13-19-20-17(21)18-12-15-6-4-3-5-7-15/h3-11,13H,2,12H2,1H3,(H2,18,20,21)/b19-13-. The first-order chi connectivity index (χ1) is 10.3. The van der Waals surface area contributed by atoms with E-state index in [1.807, 2.05) is 42.5 Å². The average molecular weight is 297 g/mol. The minimum Gasteiger partial charge on any atom is -0.357 e. The van der Waals surface area contributed by atoms with Gasteiger partial charge in [0, 0.05) is 6.54 Å². The second kappa shape index (κ2) is 8.17. The summed E-state index contributed by atoms with van der Waals surface area (Å²) in [7, 11) is 0. The first-order valence-electron chi connectivity index (χ1n) is 6.97. The van der Waals surface area contributed by atoms with E-state index in [4.69, 9.17) is 12.2 Å². The molecule has 0 saturated heterocycles. The van der Waals surface area contributed by atoms with Crippen LogP contribution >= 0.6 is 12.2 Å². The van der Waals surface area contributed by atoms with Crippen LogP contribution in [0, 0.1) is 0 Å². The van der Waals surface area contributed by atoms with Crippen molar-refractivity contribution in [3.05, 3.63) is 71.3 Å². The van der Waals surface area contributed by atoms with Crippen molar-refractivity contribution in [2.75, 3.05) is 0 Å². The Kier molecular flexibility index (Phi) is 5.91. The van der Waals surface area contributed by atoms with Crippen LogP contribution in [0.3, 0.4) is 0 Å². The Bertz CT molecular complexity index is 591. The molecule has 0 fully saturated rings. The predicted molar refractivity (Wildman–Crippen MR) is 92.4 cm³/mol. The molecular weight excluding hydrogens is 278 g/mol. The summed E-state index contributed by atoms with van der Waals surface area (Å²) in [5.74, 6) is 0. The van der Waals surface area contributed by atoms with Crippen molar-refractivity contribution in [3.8, 4) is 0 Å². The van der Waals surface area contributed by atoms with Gasteiger partial charge in [0.15, 0.2) is 5.11 Å². The van der Waals surface area contributed by atoms with Gasteiger partial charge in [-0.25, -0.2) is 0 Å². The fourth-order valence-electron chi connectivity index (χ4n) is 1.82. The molecule has 0 aliphatic rings. The maximum Gasteiger partial charge on any atom is 0.187 e. The van der Waals surface area contributed by atoms with Crippen LogP contribution in [0.15, 0.2) is 59.7 Å². The van der Waals surface area contributed by atoms with Gasteiger partial charge < -0.3 is 5.32 Å². The van der Waals surface area contributed by atoms with Crippen molar-refractivity contribution in [1.82, 2.24) is 10.7 Å². The Balaban J connectivity index is 1.76. The van der Waals surface area contributed by atoms with Crippen LogP contribution in [0.4, 0.5) is 0 Å². The molecule has 3 nitrogen and oxygen atoms in total. The van der Waals surface area contributed by atoms with E-state index in [1.165, 1.54) is 11.1 Å². The normalized spacial score (nSPS) is 10.5. The molecule has 0 aliphatic heterocycles. The zero-order chi connectivity index (χ0) is 14.9. The summed E-state index contributed by atoms with van der Waals surface area (Å²) in [6, 6.07) is 18.4. The van der Waals surface area contributed by atoms with Crippen LogP contribution in [0.2, 0.25) is 0 Å². The lowest BCUT2D eigenvalue weighted by Crippen LogP contribution is -2.31. The van der Waals surface area contributed by atoms with Gasteiger partial charge in [-0.05, 0) is 35.3 Å². The molecule has 0 heterocycles. The van der Waals surface area contributed by atoms with Gasteiger partial charge in [-0.1, -0.05) is 61.5 Å². The first-order valence-corrected chi connectivity index (χ1v) is 7.38. The van der Waals surface area contributed by atoms with Crippen molar-refractivity contribution in [2.24, 2.45) is 5.10 Å². The molecular formula is C17H19N3S. The van der Waals surface area contributed by atoms with E-state index in [2.05, 4.69) is 34.9 Å². The highest BCUT2D eigenvalue weighted by Gasteiger charge is 1.94. The molecule has 0 amide bonds. The summed E-state index contributed by atoms with van der Waals surface area (Å²) >= 11 is 5.17. The zero-order valence-electron chi connectivity index (χ0n) is 12.0. The van der Waals surface area contributed by atoms with E-state index in [1.54, 1.807) is 6.21 Å². The van der Waals surface area contributed by atoms with Crippen molar-refractivity contribution in [1.29, 1.82) is 0 Å². The Hall–Kier alpha value is -2.20. The molecule has 21 heavy (non-hydrogen) atoms. The monoisotopic (exact) mass is 297 g/mol. The molecule has 0 spiro atoms. The van der Waals surface area contributed by atoms with Crippen molar-refractivity contribution in [3.63, 3.8) is 0 Å². The predicted octanol–water partition coefficient (Wildman–Crippen LogP) is 3.25. The third-order valence-electron chi connectivity index (χ3n) is 3.06. The van der Waals surface area contributed by atoms with Crippen LogP contribution < -0.4 is 10.7 Å². The number of hydrogen-bond donors (Lipinski definition) is 2. The van der Waals surface area contributed by atoms with Crippen LogP contribution in [-0.4, -0.2) is 11.3 Å². The van der Waals surface area contributed by atoms with Crippen molar-refractivity contribution in [2.45, 2.75) is 19.9 Å². The fourth-order valence-corrected chi connectivity index (χ4v) is 1.95. The summed E-state index contributed by atoms with van der Waals surface area (Å²) in [4.78, 5) is 0. The summed E-state index contributed by atoms with van der Waals surface area (Å²) in [5, 5.41) is 7.75. The van der Waals surface area contributed by atoms with E-state index in [-0.39, 0.29) is 0 Å². The van der Waals surface area contributed by atoms with Crippen LogP contribution in [0.25, 0.3) is 0 Å². The highest BCUT2D eigenvalue weighted by Crippen LogP contribution is 2.02. The lowest BCUT2D eigenvalue weighted by molar-refractivity contribution is 0.869. The number of nitrogens with zero attached hydrogens (tertiary/aromatic N) is 1. The van der Waals surface area contributed by atoms with E-state index in [0.717, 1.165) is 12.0 Å². The summed E-state index contributed by atoms with van der Waals surface area (Å²) in [5.41, 5.74) is 6.37. The highest BCUT2D eigenvalue weighted by molar-refractivity contribution is 7.80. The van der Waals surface area contributed by atoms with Gasteiger partial charge in [0.25, 0.3) is 0 Å². The Morgan fingerprint density at radius 3 is 2.43 bits per heavy atom. The molecule has 0 aliphatic carbocycles. The van der Waals surface area contributed by atoms with Crippen molar-refractivity contribution < 1.29 is 0 Å². The number of aryl methyl sites for hydroxylation is 1. The number of rotatable bonds is 5. The van der Waals surface area contributed by atoms with Gasteiger partial charge in [0.05, 0.1) is 6.21 Å². The lowest BCUT2D eigenvalue weighted by Gasteiger charge is -2.06.